The summed E-state index contributed by atoms with van der Waals surface area (Å²) in [5.41, 5.74) is 3.19. The lowest BCUT2D eigenvalue weighted by atomic mass is 10.2. The first kappa shape index (κ1) is 12.6. The van der Waals surface area contributed by atoms with E-state index in [1.807, 2.05) is 5.01 Å². The van der Waals surface area contributed by atoms with E-state index in [-0.39, 0.29) is 12.5 Å². The van der Waals surface area contributed by atoms with Gasteiger partial charge in [-0.2, -0.15) is 0 Å². The van der Waals surface area contributed by atoms with Crippen molar-refractivity contribution < 1.29 is 14.7 Å². The average molecular weight is 251 g/mol. The summed E-state index contributed by atoms with van der Waals surface area (Å²) in [5.74, 6) is -1.21. The van der Waals surface area contributed by atoms with Gasteiger partial charge in [-0.05, 0) is 25.0 Å². The molecule has 0 saturated carbocycles. The lowest BCUT2D eigenvalue weighted by Gasteiger charge is -2.26. The molecule has 6 nitrogen and oxygen atoms in total. The number of nitrogens with one attached hydrogen (secondary N) is 1. The summed E-state index contributed by atoms with van der Waals surface area (Å²) >= 11 is 0. The maximum Gasteiger partial charge on any atom is 0.323 e. The molecule has 2 heterocycles. The van der Waals surface area contributed by atoms with Crippen LogP contribution < -0.4 is 5.43 Å². The summed E-state index contributed by atoms with van der Waals surface area (Å²) in [6.45, 7) is 1.51. The van der Waals surface area contributed by atoms with Gasteiger partial charge in [-0.25, -0.2) is 5.01 Å². The molecule has 1 amide bonds. The van der Waals surface area contributed by atoms with Gasteiger partial charge in [-0.15, -0.1) is 0 Å². The van der Waals surface area contributed by atoms with Gasteiger partial charge in [-0.1, -0.05) is 6.42 Å². The number of hydrogen-bond donors (Lipinski definition) is 2. The molecule has 0 bridgehead atoms. The molecule has 0 atom stereocenters. The molecule has 18 heavy (non-hydrogen) atoms. The van der Waals surface area contributed by atoms with Crippen LogP contribution in [0.2, 0.25) is 0 Å². The molecule has 1 aliphatic heterocycles. The minimum atomic E-state index is -0.960. The molecule has 6 heteroatoms. The van der Waals surface area contributed by atoms with Crippen molar-refractivity contribution in [3.05, 3.63) is 24.0 Å². The number of amides is 1. The standard InChI is InChI=1S/C12H17N3O3/c16-11(17)9-14-6-4-5-10(14)12(18)13-15-7-2-1-3-8-15/h4-6H,1-3,7-9H2,(H,13,18)(H,16,17). The van der Waals surface area contributed by atoms with Gasteiger partial charge in [0.05, 0.1) is 0 Å². The Morgan fingerprint density at radius 3 is 2.67 bits per heavy atom. The van der Waals surface area contributed by atoms with Crippen molar-refractivity contribution >= 4 is 11.9 Å². The molecule has 1 aromatic heterocycles. The smallest absolute Gasteiger partial charge is 0.323 e. The Morgan fingerprint density at radius 2 is 2.00 bits per heavy atom. The van der Waals surface area contributed by atoms with E-state index in [1.54, 1.807) is 18.3 Å². The molecule has 0 unspecified atom stereocenters. The largest absolute Gasteiger partial charge is 0.480 e. The number of piperidine rings is 1. The maximum atomic E-state index is 12.0. The number of carbonyl (C=O) groups excluding carboxylic acids is 1. The second kappa shape index (κ2) is 5.68. The lowest BCUT2D eigenvalue weighted by molar-refractivity contribution is -0.137. The summed E-state index contributed by atoms with van der Waals surface area (Å²) in [6, 6.07) is 3.30. The lowest BCUT2D eigenvalue weighted by Crippen LogP contribution is -2.45. The molecule has 1 aromatic rings. The average Bonchev–Trinajstić information content (AvgIpc) is 2.77. The predicted octanol–water partition coefficient (Wildman–Crippen LogP) is 0.703. The molecule has 1 saturated heterocycles. The van der Waals surface area contributed by atoms with Gasteiger partial charge < -0.3 is 9.67 Å². The van der Waals surface area contributed by atoms with Crippen molar-refractivity contribution in [2.45, 2.75) is 25.8 Å². The van der Waals surface area contributed by atoms with Crippen molar-refractivity contribution in [1.82, 2.24) is 15.0 Å². The third-order valence-corrected chi connectivity index (χ3v) is 2.98. The predicted molar refractivity (Wildman–Crippen MR) is 65.0 cm³/mol. The van der Waals surface area contributed by atoms with Gasteiger partial charge in [0.2, 0.25) is 0 Å². The van der Waals surface area contributed by atoms with Crippen LogP contribution in [0.15, 0.2) is 18.3 Å². The van der Waals surface area contributed by atoms with E-state index in [2.05, 4.69) is 5.43 Å². The Labute approximate surface area is 105 Å². The number of rotatable bonds is 4. The normalized spacial score (nSPS) is 16.4. The zero-order valence-corrected chi connectivity index (χ0v) is 10.1. The van der Waals surface area contributed by atoms with Crippen LogP contribution >= 0.6 is 0 Å². The van der Waals surface area contributed by atoms with Crippen molar-refractivity contribution in [3.8, 4) is 0 Å². The molecule has 2 N–H and O–H groups in total. The Balaban J connectivity index is 1.99. The van der Waals surface area contributed by atoms with Crippen LogP contribution in [-0.2, 0) is 11.3 Å². The fourth-order valence-electron chi connectivity index (χ4n) is 2.11. The maximum absolute atomic E-state index is 12.0. The number of carbonyl (C=O) groups is 2. The SMILES string of the molecule is O=C(O)Cn1cccc1C(=O)NN1CCCCC1. The van der Waals surface area contributed by atoms with E-state index in [1.165, 1.54) is 11.0 Å². The molecule has 1 fully saturated rings. The first-order valence-electron chi connectivity index (χ1n) is 6.09. The van der Waals surface area contributed by atoms with E-state index in [0.29, 0.717) is 5.69 Å². The molecule has 98 valence electrons. The van der Waals surface area contributed by atoms with Gasteiger partial charge in [-0.3, -0.25) is 15.0 Å². The second-order valence-electron chi connectivity index (χ2n) is 4.40. The highest BCUT2D eigenvalue weighted by molar-refractivity contribution is 5.92. The third-order valence-electron chi connectivity index (χ3n) is 2.98. The third kappa shape index (κ3) is 3.10. The number of aliphatic carboxylic acids is 1. The van der Waals surface area contributed by atoms with Gasteiger partial charge in [0, 0.05) is 19.3 Å². The zero-order chi connectivity index (χ0) is 13.0. The Kier molecular flexibility index (Phi) is 3.99. The summed E-state index contributed by atoms with van der Waals surface area (Å²) in [4.78, 5) is 22.7. The Bertz CT molecular complexity index is 436. The van der Waals surface area contributed by atoms with Gasteiger partial charge >= 0.3 is 5.97 Å². The monoisotopic (exact) mass is 251 g/mol. The number of aromatic nitrogens is 1. The topological polar surface area (TPSA) is 74.6 Å². The van der Waals surface area contributed by atoms with Crippen molar-refractivity contribution in [2.24, 2.45) is 0 Å². The Hall–Kier alpha value is -1.82. The van der Waals surface area contributed by atoms with Gasteiger partial charge in [0.25, 0.3) is 5.91 Å². The molecular formula is C12H17N3O3. The van der Waals surface area contributed by atoms with E-state index in [0.717, 1.165) is 25.9 Å². The van der Waals surface area contributed by atoms with Gasteiger partial charge in [0.15, 0.2) is 0 Å². The van der Waals surface area contributed by atoms with Crippen molar-refractivity contribution in [2.75, 3.05) is 13.1 Å². The van der Waals surface area contributed by atoms with Crippen molar-refractivity contribution in [1.29, 1.82) is 0 Å². The van der Waals surface area contributed by atoms with E-state index in [9.17, 15) is 9.59 Å². The van der Waals surface area contributed by atoms with Crippen LogP contribution in [0.1, 0.15) is 29.8 Å². The molecular weight excluding hydrogens is 234 g/mol. The van der Waals surface area contributed by atoms with Crippen LogP contribution in [0.5, 0.6) is 0 Å². The highest BCUT2D eigenvalue weighted by atomic mass is 16.4. The van der Waals surface area contributed by atoms with Crippen LogP contribution in [-0.4, -0.2) is 39.6 Å². The fourth-order valence-corrected chi connectivity index (χ4v) is 2.11. The molecule has 0 spiro atoms. The second-order valence-corrected chi connectivity index (χ2v) is 4.40. The summed E-state index contributed by atoms with van der Waals surface area (Å²) in [5, 5.41) is 10.6. The first-order valence-corrected chi connectivity index (χ1v) is 6.09. The van der Waals surface area contributed by atoms with E-state index < -0.39 is 5.97 Å². The molecule has 2 rings (SSSR count). The van der Waals surface area contributed by atoms with Crippen LogP contribution in [0.25, 0.3) is 0 Å². The van der Waals surface area contributed by atoms with E-state index in [4.69, 9.17) is 5.11 Å². The fraction of sp³-hybridized carbons (Fsp3) is 0.500. The van der Waals surface area contributed by atoms with Crippen molar-refractivity contribution in [3.63, 3.8) is 0 Å². The number of carboxylic acid groups (broad SMARTS) is 1. The minimum Gasteiger partial charge on any atom is -0.480 e. The summed E-state index contributed by atoms with van der Waals surface area (Å²) < 4.78 is 1.43. The van der Waals surface area contributed by atoms with Crippen LogP contribution in [0.4, 0.5) is 0 Å². The number of hydrazine groups is 1. The van der Waals surface area contributed by atoms with E-state index >= 15 is 0 Å². The molecule has 0 aromatic carbocycles. The first-order chi connectivity index (χ1) is 8.66. The Morgan fingerprint density at radius 1 is 1.28 bits per heavy atom. The summed E-state index contributed by atoms with van der Waals surface area (Å²) in [7, 11) is 0. The summed E-state index contributed by atoms with van der Waals surface area (Å²) in [6.07, 6.45) is 4.95. The molecule has 0 radical (unpaired) electrons. The minimum absolute atomic E-state index is 0.199. The highest BCUT2D eigenvalue weighted by Gasteiger charge is 2.17. The molecule has 0 aliphatic carbocycles. The quantitative estimate of drug-likeness (QED) is 0.826. The highest BCUT2D eigenvalue weighted by Crippen LogP contribution is 2.08. The zero-order valence-electron chi connectivity index (χ0n) is 10.1. The molecule has 1 aliphatic rings. The van der Waals surface area contributed by atoms with Gasteiger partial charge in [0.1, 0.15) is 12.2 Å². The number of nitrogens with zero attached hydrogens (tertiary/aromatic N) is 2. The van der Waals surface area contributed by atoms with Crippen LogP contribution in [0, 0.1) is 0 Å². The van der Waals surface area contributed by atoms with Crippen LogP contribution in [0.3, 0.4) is 0 Å². The number of hydrogen-bond acceptors (Lipinski definition) is 3. The number of carboxylic acids is 1.